The molecule has 4 nitrogen and oxygen atoms in total. The highest BCUT2D eigenvalue weighted by Crippen LogP contribution is 2.09. The Morgan fingerprint density at radius 1 is 1.41 bits per heavy atom. The number of carbonyl (C=O) groups excluding carboxylic acids is 1. The summed E-state index contributed by atoms with van der Waals surface area (Å²) in [5.41, 5.74) is 0.455. The van der Waals surface area contributed by atoms with Crippen LogP contribution >= 0.6 is 0 Å². The van der Waals surface area contributed by atoms with Gasteiger partial charge in [-0.05, 0) is 20.0 Å². The van der Waals surface area contributed by atoms with Gasteiger partial charge in [0, 0.05) is 11.6 Å². The highest BCUT2D eigenvalue weighted by Gasteiger charge is 2.20. The fourth-order valence-corrected chi connectivity index (χ4v) is 1.48. The molecular weight excluding hydrogens is 218 g/mol. The maximum Gasteiger partial charge on any atom is 0.337 e. The van der Waals surface area contributed by atoms with Gasteiger partial charge in [0.15, 0.2) is 6.79 Å². The number of carbonyl (C=O) groups is 1. The summed E-state index contributed by atoms with van der Waals surface area (Å²) < 4.78 is 9.91. The molecule has 0 saturated carbocycles. The van der Waals surface area contributed by atoms with Gasteiger partial charge in [0.1, 0.15) is 0 Å². The second-order valence-corrected chi connectivity index (χ2v) is 3.63. The van der Waals surface area contributed by atoms with E-state index in [2.05, 4.69) is 18.1 Å². The van der Waals surface area contributed by atoms with E-state index in [1.54, 1.807) is 6.08 Å². The van der Waals surface area contributed by atoms with E-state index in [0.717, 1.165) is 13.1 Å². The van der Waals surface area contributed by atoms with Gasteiger partial charge in [-0.3, -0.25) is 4.90 Å². The maximum atomic E-state index is 11.6. The quantitative estimate of drug-likeness (QED) is 0.203. The molecule has 0 fully saturated rings. The largest absolute Gasteiger partial charge is 0.435 e. The molecule has 0 saturated heterocycles. The lowest BCUT2D eigenvalue weighted by atomic mass is 10.1. The summed E-state index contributed by atoms with van der Waals surface area (Å²) >= 11 is 0. The van der Waals surface area contributed by atoms with Crippen molar-refractivity contribution >= 4 is 5.97 Å². The lowest BCUT2D eigenvalue weighted by Gasteiger charge is -2.26. The molecule has 1 unspecified atom stereocenters. The van der Waals surface area contributed by atoms with Crippen LogP contribution < -0.4 is 0 Å². The van der Waals surface area contributed by atoms with Crippen molar-refractivity contribution in [3.05, 3.63) is 24.8 Å². The molecule has 0 aliphatic rings. The van der Waals surface area contributed by atoms with E-state index in [1.807, 2.05) is 20.8 Å². The van der Waals surface area contributed by atoms with Crippen LogP contribution in [0.2, 0.25) is 0 Å². The lowest BCUT2D eigenvalue weighted by molar-refractivity contribution is -0.151. The van der Waals surface area contributed by atoms with Crippen molar-refractivity contribution in [1.29, 1.82) is 0 Å². The van der Waals surface area contributed by atoms with Crippen LogP contribution in [0.4, 0.5) is 0 Å². The molecule has 0 spiro atoms. The third-order valence-electron chi connectivity index (χ3n) is 2.64. The number of ether oxygens (including phenoxy) is 2. The second kappa shape index (κ2) is 8.96. The minimum atomic E-state index is -0.409. The second-order valence-electron chi connectivity index (χ2n) is 3.63. The van der Waals surface area contributed by atoms with Crippen LogP contribution in [0, 0.1) is 0 Å². The zero-order chi connectivity index (χ0) is 13.3. The van der Waals surface area contributed by atoms with Crippen molar-refractivity contribution in [2.45, 2.75) is 26.8 Å². The average molecular weight is 241 g/mol. The van der Waals surface area contributed by atoms with Gasteiger partial charge in [-0.15, -0.1) is 6.58 Å². The third-order valence-corrected chi connectivity index (χ3v) is 2.64. The first kappa shape index (κ1) is 15.9. The molecule has 0 N–H and O–H groups in total. The zero-order valence-corrected chi connectivity index (χ0v) is 11.1. The molecule has 0 aromatic heterocycles. The normalized spacial score (nSPS) is 12.2. The van der Waals surface area contributed by atoms with Crippen molar-refractivity contribution in [1.82, 2.24) is 4.90 Å². The Labute approximate surface area is 104 Å². The summed E-state index contributed by atoms with van der Waals surface area (Å²) in [6.45, 7) is 15.4. The molecule has 0 bridgehead atoms. The zero-order valence-electron chi connectivity index (χ0n) is 11.1. The van der Waals surface area contributed by atoms with Crippen molar-refractivity contribution in [3.8, 4) is 0 Å². The Balaban J connectivity index is 4.11. The van der Waals surface area contributed by atoms with Gasteiger partial charge in [-0.1, -0.05) is 26.5 Å². The molecule has 4 heteroatoms. The highest BCUT2D eigenvalue weighted by molar-refractivity contribution is 5.88. The number of esters is 1. The van der Waals surface area contributed by atoms with Gasteiger partial charge in [0.2, 0.25) is 0 Å². The fourth-order valence-electron chi connectivity index (χ4n) is 1.48. The fraction of sp³-hybridized carbons (Fsp3) is 0.615. The number of likely N-dealkylation sites (N-methyl/N-ethyl adjacent to an activating group) is 1. The van der Waals surface area contributed by atoms with Crippen LogP contribution in [0.15, 0.2) is 24.8 Å². The van der Waals surface area contributed by atoms with Crippen LogP contribution in [-0.2, 0) is 14.3 Å². The minimum absolute atomic E-state index is 0.0168. The molecule has 0 rings (SSSR count). The van der Waals surface area contributed by atoms with E-state index in [1.165, 1.54) is 0 Å². The van der Waals surface area contributed by atoms with Gasteiger partial charge in [0.25, 0.3) is 0 Å². The summed E-state index contributed by atoms with van der Waals surface area (Å²) in [7, 11) is 0. The van der Waals surface area contributed by atoms with Gasteiger partial charge < -0.3 is 9.47 Å². The first-order valence-corrected chi connectivity index (χ1v) is 5.87. The summed E-state index contributed by atoms with van der Waals surface area (Å²) in [6.07, 6.45) is 1.60. The Kier molecular flexibility index (Phi) is 8.36. The standard InChI is InChI=1S/C13H23NO3/c1-6-9-16-10-17-13(15)11(4)12(5)14(7-2)8-3/h6,12H,1,4,7-10H2,2-3,5H3. The van der Waals surface area contributed by atoms with Crippen molar-refractivity contribution in [3.63, 3.8) is 0 Å². The topological polar surface area (TPSA) is 38.8 Å². The van der Waals surface area contributed by atoms with E-state index >= 15 is 0 Å². The molecule has 0 aromatic carbocycles. The number of hydrogen-bond acceptors (Lipinski definition) is 4. The van der Waals surface area contributed by atoms with Gasteiger partial charge in [-0.25, -0.2) is 4.79 Å². The lowest BCUT2D eigenvalue weighted by Crippen LogP contribution is -2.36. The molecule has 98 valence electrons. The van der Waals surface area contributed by atoms with E-state index in [-0.39, 0.29) is 12.8 Å². The van der Waals surface area contributed by atoms with Gasteiger partial charge in [0.05, 0.1) is 6.61 Å². The predicted molar refractivity (Wildman–Crippen MR) is 68.6 cm³/mol. The molecule has 0 radical (unpaired) electrons. The number of nitrogens with zero attached hydrogens (tertiary/aromatic N) is 1. The molecule has 0 heterocycles. The molecule has 0 aliphatic heterocycles. The smallest absolute Gasteiger partial charge is 0.337 e. The first-order chi connectivity index (χ1) is 8.08. The number of rotatable bonds is 9. The Bertz CT molecular complexity index is 259. The van der Waals surface area contributed by atoms with Crippen LogP contribution in [0.5, 0.6) is 0 Å². The Morgan fingerprint density at radius 2 is 2.00 bits per heavy atom. The summed E-state index contributed by atoms with van der Waals surface area (Å²) in [4.78, 5) is 13.8. The van der Waals surface area contributed by atoms with Crippen LogP contribution in [0.25, 0.3) is 0 Å². The van der Waals surface area contributed by atoms with E-state index < -0.39 is 5.97 Å². The van der Waals surface area contributed by atoms with E-state index in [0.29, 0.717) is 12.2 Å². The summed E-state index contributed by atoms with van der Waals surface area (Å²) in [5, 5.41) is 0. The molecule has 0 aliphatic carbocycles. The Morgan fingerprint density at radius 3 is 2.47 bits per heavy atom. The monoisotopic (exact) mass is 241 g/mol. The molecular formula is C13H23NO3. The van der Waals surface area contributed by atoms with Gasteiger partial charge >= 0.3 is 5.97 Å². The maximum absolute atomic E-state index is 11.6. The molecule has 0 amide bonds. The average Bonchev–Trinajstić information content (AvgIpc) is 2.34. The molecule has 0 aromatic rings. The van der Waals surface area contributed by atoms with Crippen molar-refractivity contribution in [2.75, 3.05) is 26.5 Å². The van der Waals surface area contributed by atoms with Crippen LogP contribution in [-0.4, -0.2) is 43.4 Å². The minimum Gasteiger partial charge on any atom is -0.435 e. The first-order valence-electron chi connectivity index (χ1n) is 5.87. The summed E-state index contributed by atoms with van der Waals surface area (Å²) in [5.74, 6) is -0.409. The SMILES string of the molecule is C=CCOCOC(=O)C(=C)C(C)N(CC)CC. The number of hydrogen-bond donors (Lipinski definition) is 0. The third kappa shape index (κ3) is 5.65. The van der Waals surface area contributed by atoms with Crippen LogP contribution in [0.3, 0.4) is 0 Å². The van der Waals surface area contributed by atoms with Crippen molar-refractivity contribution < 1.29 is 14.3 Å². The Hall–Kier alpha value is -1.13. The molecule has 1 atom stereocenters. The highest BCUT2D eigenvalue weighted by atomic mass is 16.7. The van der Waals surface area contributed by atoms with E-state index in [4.69, 9.17) is 9.47 Å². The van der Waals surface area contributed by atoms with E-state index in [9.17, 15) is 4.79 Å². The van der Waals surface area contributed by atoms with Crippen LogP contribution in [0.1, 0.15) is 20.8 Å². The van der Waals surface area contributed by atoms with Gasteiger partial charge in [-0.2, -0.15) is 0 Å². The molecule has 17 heavy (non-hydrogen) atoms. The predicted octanol–water partition coefficient (Wildman–Crippen LogP) is 1.98. The summed E-state index contributed by atoms with van der Waals surface area (Å²) in [6, 6.07) is -0.0168. The van der Waals surface area contributed by atoms with Crippen molar-refractivity contribution in [2.24, 2.45) is 0 Å².